The van der Waals surface area contributed by atoms with Crippen molar-refractivity contribution in [1.29, 1.82) is 0 Å². The Balaban J connectivity index is 3.02. The van der Waals surface area contributed by atoms with E-state index in [1.54, 1.807) is 13.0 Å². The van der Waals surface area contributed by atoms with E-state index in [2.05, 4.69) is 0 Å². The molecule has 0 aromatic carbocycles. The largest absolute Gasteiger partial charge is 0.392 e. The van der Waals surface area contributed by atoms with Crippen molar-refractivity contribution < 1.29 is 9.90 Å². The van der Waals surface area contributed by atoms with Crippen molar-refractivity contribution >= 4 is 5.78 Å². The number of allylic oxidation sites excluding steroid dienone is 1. The van der Waals surface area contributed by atoms with E-state index in [1.165, 1.54) is 0 Å². The summed E-state index contributed by atoms with van der Waals surface area (Å²) in [5.41, 5.74) is 0. The lowest BCUT2D eigenvalue weighted by Crippen LogP contribution is -1.88. The first kappa shape index (κ1) is 10.4. The van der Waals surface area contributed by atoms with Gasteiger partial charge in [0.15, 0.2) is 0 Å². The van der Waals surface area contributed by atoms with Gasteiger partial charge in [0.1, 0.15) is 5.78 Å². The van der Waals surface area contributed by atoms with Gasteiger partial charge in [0.2, 0.25) is 0 Å². The van der Waals surface area contributed by atoms with Crippen LogP contribution in [0.4, 0.5) is 0 Å². The maximum Gasteiger partial charge on any atom is 0.129 e. The van der Waals surface area contributed by atoms with Gasteiger partial charge in [0, 0.05) is 6.42 Å². The van der Waals surface area contributed by atoms with Crippen LogP contribution in [0.15, 0.2) is 12.2 Å². The first-order chi connectivity index (χ1) is 5.27. The maximum atomic E-state index is 10.5. The van der Waals surface area contributed by atoms with Gasteiger partial charge in [-0.1, -0.05) is 12.2 Å². The molecule has 0 aliphatic heterocycles. The molecule has 1 N–H and O–H groups in total. The molecule has 0 heterocycles. The van der Waals surface area contributed by atoms with E-state index in [-0.39, 0.29) is 12.4 Å². The van der Waals surface area contributed by atoms with E-state index in [1.807, 2.05) is 6.08 Å². The number of aliphatic hydroxyl groups excluding tert-OH is 1. The summed E-state index contributed by atoms with van der Waals surface area (Å²) in [7, 11) is 0. The Bertz CT molecular complexity index is 128. The molecule has 2 nitrogen and oxygen atoms in total. The number of carbonyl (C=O) groups is 1. The van der Waals surface area contributed by atoms with Crippen molar-refractivity contribution in [3.05, 3.63) is 12.2 Å². The molecule has 0 unspecified atom stereocenters. The van der Waals surface area contributed by atoms with Crippen molar-refractivity contribution in [2.24, 2.45) is 0 Å². The minimum Gasteiger partial charge on any atom is -0.392 e. The second-order valence-corrected chi connectivity index (χ2v) is 2.60. The molecule has 0 atom stereocenters. The van der Waals surface area contributed by atoms with Crippen molar-refractivity contribution in [2.75, 3.05) is 6.61 Å². The van der Waals surface area contributed by atoms with Gasteiger partial charge in [-0.15, -0.1) is 0 Å². The highest BCUT2D eigenvalue weighted by Gasteiger charge is 1.90. The molecular formula is C9H16O2. The zero-order chi connectivity index (χ0) is 8.53. The van der Waals surface area contributed by atoms with Gasteiger partial charge in [-0.05, 0) is 26.2 Å². The predicted molar refractivity (Wildman–Crippen MR) is 45.4 cm³/mol. The highest BCUT2D eigenvalue weighted by molar-refractivity contribution is 5.75. The molecule has 0 saturated heterocycles. The number of ketones is 1. The van der Waals surface area contributed by atoms with Gasteiger partial charge in [0.05, 0.1) is 6.61 Å². The van der Waals surface area contributed by atoms with Crippen LogP contribution >= 0.6 is 0 Å². The summed E-state index contributed by atoms with van der Waals surface area (Å²) >= 11 is 0. The fourth-order valence-corrected chi connectivity index (χ4v) is 0.829. The monoisotopic (exact) mass is 156 g/mol. The third kappa shape index (κ3) is 9.37. The average Bonchev–Trinajstić information content (AvgIpc) is 1.96. The molecule has 0 radical (unpaired) electrons. The second kappa shape index (κ2) is 7.48. The SMILES string of the molecule is CC(=O)CCCC/C=C/CO. The number of Topliss-reactive ketones (excluding diaryl/α,β-unsaturated/α-hetero) is 1. The van der Waals surface area contributed by atoms with Crippen molar-refractivity contribution in [1.82, 2.24) is 0 Å². The van der Waals surface area contributed by atoms with E-state index in [0.717, 1.165) is 19.3 Å². The van der Waals surface area contributed by atoms with Crippen LogP contribution in [-0.4, -0.2) is 17.5 Å². The first-order valence-corrected chi connectivity index (χ1v) is 4.02. The number of hydrogen-bond acceptors (Lipinski definition) is 2. The summed E-state index contributed by atoms with van der Waals surface area (Å²) < 4.78 is 0. The van der Waals surface area contributed by atoms with E-state index in [0.29, 0.717) is 6.42 Å². The lowest BCUT2D eigenvalue weighted by atomic mass is 10.1. The third-order valence-electron chi connectivity index (χ3n) is 1.42. The molecule has 0 aliphatic rings. The molecule has 0 bridgehead atoms. The molecule has 0 rings (SSSR count). The van der Waals surface area contributed by atoms with Gasteiger partial charge in [-0.3, -0.25) is 0 Å². The van der Waals surface area contributed by atoms with Crippen LogP contribution in [0.25, 0.3) is 0 Å². The molecule has 0 amide bonds. The first-order valence-electron chi connectivity index (χ1n) is 4.02. The van der Waals surface area contributed by atoms with Crippen LogP contribution in [0, 0.1) is 0 Å². The number of hydrogen-bond donors (Lipinski definition) is 1. The minimum absolute atomic E-state index is 0.118. The van der Waals surface area contributed by atoms with E-state index in [9.17, 15) is 4.79 Å². The Labute approximate surface area is 67.9 Å². The predicted octanol–water partition coefficient (Wildman–Crippen LogP) is 1.68. The van der Waals surface area contributed by atoms with Crippen LogP contribution in [0.2, 0.25) is 0 Å². The fraction of sp³-hybridized carbons (Fsp3) is 0.667. The number of rotatable bonds is 6. The lowest BCUT2D eigenvalue weighted by molar-refractivity contribution is -0.117. The standard InChI is InChI=1S/C9H16O2/c1-9(11)7-5-3-2-4-6-8-10/h4,6,10H,2-3,5,7-8H2,1H3/b6-4+. The Morgan fingerprint density at radius 1 is 1.36 bits per heavy atom. The van der Waals surface area contributed by atoms with E-state index in [4.69, 9.17) is 5.11 Å². The summed E-state index contributed by atoms with van der Waals surface area (Å²) in [6, 6.07) is 0. The highest BCUT2D eigenvalue weighted by atomic mass is 16.2. The molecule has 11 heavy (non-hydrogen) atoms. The molecule has 2 heteroatoms. The summed E-state index contributed by atoms with van der Waals surface area (Å²) in [4.78, 5) is 10.5. The number of unbranched alkanes of at least 4 members (excludes halogenated alkanes) is 2. The van der Waals surface area contributed by atoms with Crippen molar-refractivity contribution in [2.45, 2.75) is 32.6 Å². The molecule has 64 valence electrons. The Morgan fingerprint density at radius 3 is 2.64 bits per heavy atom. The molecule has 0 saturated carbocycles. The lowest BCUT2D eigenvalue weighted by Gasteiger charge is -1.92. The summed E-state index contributed by atoms with van der Waals surface area (Å²) in [5, 5.41) is 8.37. The zero-order valence-corrected chi connectivity index (χ0v) is 7.05. The van der Waals surface area contributed by atoms with Crippen LogP contribution in [0.1, 0.15) is 32.6 Å². The third-order valence-corrected chi connectivity index (χ3v) is 1.42. The molecule has 0 spiro atoms. The topological polar surface area (TPSA) is 37.3 Å². The smallest absolute Gasteiger partial charge is 0.129 e. The van der Waals surface area contributed by atoms with Gasteiger partial charge >= 0.3 is 0 Å². The summed E-state index contributed by atoms with van der Waals surface area (Å²) in [5.74, 6) is 0.260. The minimum atomic E-state index is 0.118. The zero-order valence-electron chi connectivity index (χ0n) is 7.05. The fourth-order valence-electron chi connectivity index (χ4n) is 0.829. The van der Waals surface area contributed by atoms with E-state index < -0.39 is 0 Å². The van der Waals surface area contributed by atoms with Crippen LogP contribution < -0.4 is 0 Å². The Hall–Kier alpha value is -0.630. The quantitative estimate of drug-likeness (QED) is 0.469. The molecule has 0 aliphatic carbocycles. The molecular weight excluding hydrogens is 140 g/mol. The number of carbonyl (C=O) groups excluding carboxylic acids is 1. The van der Waals surface area contributed by atoms with Crippen molar-refractivity contribution in [3.8, 4) is 0 Å². The Kier molecular flexibility index (Phi) is 7.05. The molecule has 0 aromatic heterocycles. The summed E-state index contributed by atoms with van der Waals surface area (Å²) in [6.07, 6.45) is 7.33. The van der Waals surface area contributed by atoms with E-state index >= 15 is 0 Å². The molecule has 0 fully saturated rings. The average molecular weight is 156 g/mol. The maximum absolute atomic E-state index is 10.5. The van der Waals surface area contributed by atoms with Gasteiger partial charge in [0.25, 0.3) is 0 Å². The second-order valence-electron chi connectivity index (χ2n) is 2.60. The van der Waals surface area contributed by atoms with Gasteiger partial charge < -0.3 is 9.90 Å². The van der Waals surface area contributed by atoms with Crippen LogP contribution in [-0.2, 0) is 4.79 Å². The van der Waals surface area contributed by atoms with Crippen LogP contribution in [0.3, 0.4) is 0 Å². The summed E-state index contributed by atoms with van der Waals surface area (Å²) in [6.45, 7) is 1.73. The Morgan fingerprint density at radius 2 is 2.09 bits per heavy atom. The molecule has 0 aromatic rings. The number of aliphatic hydroxyl groups is 1. The van der Waals surface area contributed by atoms with Gasteiger partial charge in [-0.25, -0.2) is 0 Å². The van der Waals surface area contributed by atoms with Gasteiger partial charge in [-0.2, -0.15) is 0 Å². The normalized spacial score (nSPS) is 10.7. The highest BCUT2D eigenvalue weighted by Crippen LogP contribution is 2.00. The van der Waals surface area contributed by atoms with Crippen molar-refractivity contribution in [3.63, 3.8) is 0 Å². The van der Waals surface area contributed by atoms with Crippen LogP contribution in [0.5, 0.6) is 0 Å².